The summed E-state index contributed by atoms with van der Waals surface area (Å²) in [5.41, 5.74) is 1.20. The molecule has 0 atom stereocenters. The lowest BCUT2D eigenvalue weighted by molar-refractivity contribution is -0.137. The van der Waals surface area contributed by atoms with Crippen molar-refractivity contribution in [2.75, 3.05) is 50.5 Å². The smallest absolute Gasteiger partial charge is 0.378 e. The summed E-state index contributed by atoms with van der Waals surface area (Å²) < 4.78 is 38.2. The van der Waals surface area contributed by atoms with Crippen LogP contribution in [0.25, 0.3) is 0 Å². The summed E-state index contributed by atoms with van der Waals surface area (Å²) in [6, 6.07) is 11.7. The summed E-state index contributed by atoms with van der Waals surface area (Å²) in [7, 11) is 3.88. The average Bonchev–Trinajstić information content (AvgIpc) is 3.22. The van der Waals surface area contributed by atoms with Crippen LogP contribution in [0.15, 0.2) is 48.5 Å². The van der Waals surface area contributed by atoms with Gasteiger partial charge in [0.2, 0.25) is 0 Å². The predicted octanol–water partition coefficient (Wildman–Crippen LogP) is 4.93. The molecule has 2 aromatic rings. The number of rotatable bonds is 3. The number of benzene rings is 2. The molecule has 0 aromatic heterocycles. The minimum Gasteiger partial charge on any atom is -0.378 e. The minimum atomic E-state index is -4.41. The molecule has 2 saturated heterocycles. The van der Waals surface area contributed by atoms with E-state index in [9.17, 15) is 22.8 Å². The van der Waals surface area contributed by atoms with Gasteiger partial charge in [-0.25, -0.2) is 4.79 Å². The number of hydrogen-bond acceptors (Lipinski definition) is 3. The highest BCUT2D eigenvalue weighted by Crippen LogP contribution is 2.41. The van der Waals surface area contributed by atoms with Crippen LogP contribution in [0.4, 0.5) is 29.3 Å². The number of carbonyl (C=O) groups excluding carboxylic acids is 2. The zero-order valence-corrected chi connectivity index (χ0v) is 19.4. The van der Waals surface area contributed by atoms with Crippen LogP contribution in [0.2, 0.25) is 0 Å². The molecule has 0 bridgehead atoms. The van der Waals surface area contributed by atoms with Crippen LogP contribution in [0.1, 0.15) is 35.2 Å². The highest BCUT2D eigenvalue weighted by molar-refractivity contribution is 5.95. The third-order valence-electron chi connectivity index (χ3n) is 6.91. The van der Waals surface area contributed by atoms with E-state index in [1.807, 2.05) is 48.2 Å². The Kier molecular flexibility index (Phi) is 6.47. The first kappa shape index (κ1) is 23.9. The zero-order valence-electron chi connectivity index (χ0n) is 19.4. The maximum atomic E-state index is 13.0. The van der Waals surface area contributed by atoms with Gasteiger partial charge in [0.25, 0.3) is 5.91 Å². The van der Waals surface area contributed by atoms with Gasteiger partial charge in [0.15, 0.2) is 0 Å². The number of alkyl halides is 3. The van der Waals surface area contributed by atoms with Gasteiger partial charge in [-0.05, 0) is 67.1 Å². The molecular formula is C25H29F3N4O2. The number of likely N-dealkylation sites (tertiary alicyclic amines) is 2. The molecule has 0 aliphatic carbocycles. The fourth-order valence-electron chi connectivity index (χ4n) is 4.75. The number of halogens is 3. The Balaban J connectivity index is 1.32. The normalized spacial score (nSPS) is 17.7. The van der Waals surface area contributed by atoms with Crippen molar-refractivity contribution in [3.8, 4) is 0 Å². The molecule has 3 amide bonds. The summed E-state index contributed by atoms with van der Waals surface area (Å²) >= 11 is 0. The van der Waals surface area contributed by atoms with E-state index >= 15 is 0 Å². The Morgan fingerprint density at radius 3 is 2.15 bits per heavy atom. The van der Waals surface area contributed by atoms with Gasteiger partial charge in [0.05, 0.1) is 5.56 Å². The topological polar surface area (TPSA) is 55.9 Å². The van der Waals surface area contributed by atoms with Crippen LogP contribution in [0, 0.1) is 5.41 Å². The Hall–Kier alpha value is -3.23. The van der Waals surface area contributed by atoms with E-state index in [0.717, 1.165) is 37.1 Å². The summed E-state index contributed by atoms with van der Waals surface area (Å²) in [5, 5.41) is 2.70. The summed E-state index contributed by atoms with van der Waals surface area (Å²) in [4.78, 5) is 31.3. The van der Waals surface area contributed by atoms with Crippen LogP contribution in [-0.4, -0.2) is 62.0 Å². The van der Waals surface area contributed by atoms with Crippen molar-refractivity contribution in [1.82, 2.24) is 9.80 Å². The maximum absolute atomic E-state index is 13.0. The minimum absolute atomic E-state index is 0.0217. The number of carbonyl (C=O) groups is 2. The average molecular weight is 475 g/mol. The molecule has 1 spiro atoms. The number of piperidine rings is 1. The molecule has 4 rings (SSSR count). The van der Waals surface area contributed by atoms with Crippen molar-refractivity contribution in [2.24, 2.45) is 5.41 Å². The van der Waals surface area contributed by atoms with Gasteiger partial charge in [-0.3, -0.25) is 4.79 Å². The third kappa shape index (κ3) is 5.13. The summed E-state index contributed by atoms with van der Waals surface area (Å²) in [6.45, 7) is 2.45. The quantitative estimate of drug-likeness (QED) is 0.686. The van der Waals surface area contributed by atoms with Gasteiger partial charge in [-0.15, -0.1) is 0 Å². The lowest BCUT2D eigenvalue weighted by Crippen LogP contribution is -2.45. The lowest BCUT2D eigenvalue weighted by atomic mass is 9.77. The van der Waals surface area contributed by atoms with Crippen molar-refractivity contribution < 1.29 is 22.8 Å². The van der Waals surface area contributed by atoms with Crippen LogP contribution >= 0.6 is 0 Å². The summed E-state index contributed by atoms with van der Waals surface area (Å²) in [6.07, 6.45) is -1.92. The molecule has 6 nitrogen and oxygen atoms in total. The third-order valence-corrected chi connectivity index (χ3v) is 6.91. The molecule has 182 valence electrons. The van der Waals surface area contributed by atoms with Crippen molar-refractivity contribution in [3.63, 3.8) is 0 Å². The number of amides is 3. The first-order valence-electron chi connectivity index (χ1n) is 11.4. The first-order valence-corrected chi connectivity index (χ1v) is 11.4. The Bertz CT molecular complexity index is 1040. The number of anilines is 2. The van der Waals surface area contributed by atoms with Gasteiger partial charge >= 0.3 is 12.2 Å². The second-order valence-electron chi connectivity index (χ2n) is 9.41. The molecular weight excluding hydrogens is 445 g/mol. The Morgan fingerprint density at radius 1 is 0.941 bits per heavy atom. The van der Waals surface area contributed by atoms with E-state index in [2.05, 4.69) is 5.32 Å². The molecule has 2 aliphatic rings. The van der Waals surface area contributed by atoms with E-state index in [1.165, 1.54) is 12.1 Å². The van der Waals surface area contributed by atoms with Gasteiger partial charge in [0.1, 0.15) is 0 Å². The molecule has 1 N–H and O–H groups in total. The Labute approximate surface area is 197 Å². The predicted molar refractivity (Wildman–Crippen MR) is 125 cm³/mol. The first-order chi connectivity index (χ1) is 16.1. The lowest BCUT2D eigenvalue weighted by Gasteiger charge is -2.39. The molecule has 9 heteroatoms. The molecule has 2 aromatic carbocycles. The van der Waals surface area contributed by atoms with E-state index in [0.29, 0.717) is 37.4 Å². The molecule has 2 aliphatic heterocycles. The largest absolute Gasteiger partial charge is 0.416 e. The van der Waals surface area contributed by atoms with Crippen LogP contribution in [-0.2, 0) is 6.18 Å². The molecule has 34 heavy (non-hydrogen) atoms. The number of hydrogen-bond donors (Lipinski definition) is 1. The number of urea groups is 1. The Morgan fingerprint density at radius 2 is 1.56 bits per heavy atom. The highest BCUT2D eigenvalue weighted by atomic mass is 19.4. The zero-order chi connectivity index (χ0) is 24.5. The van der Waals surface area contributed by atoms with Gasteiger partial charge < -0.3 is 20.0 Å². The van der Waals surface area contributed by atoms with Gasteiger partial charge in [0, 0.05) is 57.2 Å². The standard InChI is InChI=1S/C25H29F3N4O2/c1-30(2)21-5-3-4-18(16-21)22(33)31-13-10-24(11-14-31)12-15-32(17-24)23(34)29-20-8-6-19(7-9-20)25(26,27)28/h3-9,16H,10-15,17H2,1-2H3,(H,29,34). The second-order valence-corrected chi connectivity index (χ2v) is 9.41. The van der Waals surface area contributed by atoms with Crippen molar-refractivity contribution in [3.05, 3.63) is 59.7 Å². The molecule has 2 fully saturated rings. The summed E-state index contributed by atoms with van der Waals surface area (Å²) in [5.74, 6) is 0.0217. The fourth-order valence-corrected chi connectivity index (χ4v) is 4.75. The van der Waals surface area contributed by atoms with Gasteiger partial charge in [-0.2, -0.15) is 13.2 Å². The molecule has 0 radical (unpaired) electrons. The van der Waals surface area contributed by atoms with Crippen LogP contribution in [0.5, 0.6) is 0 Å². The number of nitrogens with one attached hydrogen (secondary N) is 1. The van der Waals surface area contributed by atoms with E-state index in [-0.39, 0.29) is 17.4 Å². The molecule has 0 unspecified atom stereocenters. The second kappa shape index (κ2) is 9.19. The van der Waals surface area contributed by atoms with E-state index < -0.39 is 11.7 Å². The monoisotopic (exact) mass is 474 g/mol. The van der Waals surface area contributed by atoms with Crippen molar-refractivity contribution >= 4 is 23.3 Å². The van der Waals surface area contributed by atoms with E-state index in [4.69, 9.17) is 0 Å². The molecule has 0 saturated carbocycles. The number of nitrogens with zero attached hydrogens (tertiary/aromatic N) is 3. The maximum Gasteiger partial charge on any atom is 0.416 e. The van der Waals surface area contributed by atoms with E-state index in [1.54, 1.807) is 4.90 Å². The SMILES string of the molecule is CN(C)c1cccc(C(=O)N2CCC3(CCN(C(=O)Nc4ccc(C(F)(F)F)cc4)C3)CC2)c1. The fraction of sp³-hybridized carbons (Fsp3) is 0.440. The highest BCUT2D eigenvalue weighted by Gasteiger charge is 2.43. The van der Waals surface area contributed by atoms with Crippen LogP contribution < -0.4 is 10.2 Å². The van der Waals surface area contributed by atoms with Crippen LogP contribution in [0.3, 0.4) is 0 Å². The molecule has 2 heterocycles. The van der Waals surface area contributed by atoms with Crippen molar-refractivity contribution in [2.45, 2.75) is 25.4 Å². The van der Waals surface area contributed by atoms with Gasteiger partial charge in [-0.1, -0.05) is 6.07 Å². The van der Waals surface area contributed by atoms with Crippen molar-refractivity contribution in [1.29, 1.82) is 0 Å².